The normalized spacial score (nSPS) is 9.88. The van der Waals surface area contributed by atoms with Gasteiger partial charge in [0.2, 0.25) is 0 Å². The number of hydrogen-bond acceptors (Lipinski definition) is 2. The van der Waals surface area contributed by atoms with Gasteiger partial charge >= 0.3 is 0 Å². The number of aryl methyl sites for hydroxylation is 2. The average Bonchev–Trinajstić information content (AvgIpc) is 2.68. The van der Waals surface area contributed by atoms with Crippen LogP contribution in [-0.4, -0.2) is 14.8 Å². The van der Waals surface area contributed by atoms with E-state index in [9.17, 15) is 0 Å². The second-order valence-electron chi connectivity index (χ2n) is 4.59. The lowest BCUT2D eigenvalue weighted by atomic mass is 10.1. The summed E-state index contributed by atoms with van der Waals surface area (Å²) in [4.78, 5) is 3.87. The Bertz CT molecular complexity index is 231. The molecule has 0 aliphatic rings. The molecule has 3 nitrogen and oxygen atoms in total. The van der Waals surface area contributed by atoms with Crippen LogP contribution in [0.2, 0.25) is 0 Å². The number of rotatable bonds is 7. The average molecular weight is 239 g/mol. The minimum absolute atomic E-state index is 0.822. The molecule has 0 fully saturated rings. The van der Waals surface area contributed by atoms with Crippen molar-refractivity contribution >= 4 is 0 Å². The van der Waals surface area contributed by atoms with Crippen molar-refractivity contribution in [1.29, 1.82) is 0 Å². The Labute approximate surface area is 107 Å². The molecule has 0 spiro atoms. The highest BCUT2D eigenvalue weighted by atomic mass is 15.3. The highest BCUT2D eigenvalue weighted by molar-refractivity contribution is 4.72. The lowest BCUT2D eigenvalue weighted by molar-refractivity contribution is 0.585. The minimum Gasteiger partial charge on any atom is -0.256 e. The summed E-state index contributed by atoms with van der Waals surface area (Å²) < 4.78 is 1.68. The Morgan fingerprint density at radius 1 is 0.941 bits per heavy atom. The molecule has 0 aromatic carbocycles. The van der Waals surface area contributed by atoms with E-state index in [1.165, 1.54) is 51.4 Å². The van der Waals surface area contributed by atoms with Gasteiger partial charge in [-0.25, -0.2) is 4.98 Å². The lowest BCUT2D eigenvalue weighted by Gasteiger charge is -1.97. The van der Waals surface area contributed by atoms with E-state index in [-0.39, 0.29) is 0 Å². The summed E-state index contributed by atoms with van der Waals surface area (Å²) >= 11 is 0. The summed E-state index contributed by atoms with van der Waals surface area (Å²) in [6.07, 6.45) is 13.1. The molecule has 0 aliphatic heterocycles. The maximum Gasteiger partial charge on any atom is 0.147 e. The molecule has 100 valence electrons. The molecule has 3 heteroatoms. The van der Waals surface area contributed by atoms with Crippen molar-refractivity contribution in [2.24, 2.45) is 7.05 Å². The molecule has 0 atom stereocenters. The number of unbranched alkanes of at least 4 members (excludes halogenated alkanes) is 7. The van der Waals surface area contributed by atoms with Crippen molar-refractivity contribution in [3.63, 3.8) is 0 Å². The molecule has 17 heavy (non-hydrogen) atoms. The van der Waals surface area contributed by atoms with Crippen LogP contribution in [0.25, 0.3) is 0 Å². The Morgan fingerprint density at radius 3 is 1.65 bits per heavy atom. The summed E-state index contributed by atoms with van der Waals surface area (Å²) in [5, 5.41) is 3.92. The topological polar surface area (TPSA) is 30.7 Å². The quantitative estimate of drug-likeness (QED) is 0.665. The van der Waals surface area contributed by atoms with Crippen LogP contribution < -0.4 is 0 Å². The molecule has 0 radical (unpaired) electrons. The van der Waals surface area contributed by atoms with Crippen LogP contribution in [0.1, 0.15) is 71.0 Å². The van der Waals surface area contributed by atoms with Crippen LogP contribution in [0.15, 0.2) is 6.33 Å². The molecule has 0 aliphatic carbocycles. The zero-order valence-corrected chi connectivity index (χ0v) is 12.1. The summed E-state index contributed by atoms with van der Waals surface area (Å²) in [5.41, 5.74) is 0. The molecule has 1 aromatic rings. The molecule has 1 heterocycles. The molecule has 0 bridgehead atoms. The maximum absolute atomic E-state index is 3.92. The van der Waals surface area contributed by atoms with Crippen molar-refractivity contribution in [3.05, 3.63) is 12.2 Å². The molecule has 0 N–H and O–H groups in total. The molecular formula is C14H29N3. The van der Waals surface area contributed by atoms with Crippen molar-refractivity contribution in [3.8, 4) is 0 Å². The first-order valence-corrected chi connectivity index (χ1v) is 7.03. The number of hydrogen-bond donors (Lipinski definition) is 0. The fourth-order valence-corrected chi connectivity index (χ4v) is 1.65. The third-order valence-electron chi connectivity index (χ3n) is 2.67. The van der Waals surface area contributed by atoms with Gasteiger partial charge in [0.05, 0.1) is 0 Å². The van der Waals surface area contributed by atoms with Crippen LogP contribution in [0.3, 0.4) is 0 Å². The van der Waals surface area contributed by atoms with E-state index in [2.05, 4.69) is 23.9 Å². The van der Waals surface area contributed by atoms with Crippen LogP contribution in [-0.2, 0) is 7.05 Å². The smallest absolute Gasteiger partial charge is 0.147 e. The van der Waals surface area contributed by atoms with Gasteiger partial charge in [-0.15, -0.1) is 0 Å². The first-order chi connectivity index (χ1) is 8.20. The maximum atomic E-state index is 3.92. The molecule has 1 aromatic heterocycles. The van der Waals surface area contributed by atoms with Crippen molar-refractivity contribution < 1.29 is 0 Å². The van der Waals surface area contributed by atoms with E-state index in [4.69, 9.17) is 0 Å². The third-order valence-corrected chi connectivity index (χ3v) is 2.67. The van der Waals surface area contributed by atoms with Gasteiger partial charge in [-0.2, -0.15) is 5.10 Å². The van der Waals surface area contributed by atoms with Gasteiger partial charge in [0.15, 0.2) is 0 Å². The van der Waals surface area contributed by atoms with Gasteiger partial charge in [-0.05, 0) is 6.92 Å². The molecule has 0 unspecified atom stereocenters. The highest BCUT2D eigenvalue weighted by Crippen LogP contribution is 2.07. The Balaban J connectivity index is 0.000000318. The first-order valence-electron chi connectivity index (χ1n) is 7.03. The third kappa shape index (κ3) is 11.4. The summed E-state index contributed by atoms with van der Waals surface area (Å²) in [7, 11) is 1.85. The van der Waals surface area contributed by atoms with Gasteiger partial charge in [0, 0.05) is 7.05 Å². The summed E-state index contributed by atoms with van der Waals surface area (Å²) in [6.45, 7) is 6.40. The van der Waals surface area contributed by atoms with Gasteiger partial charge in [-0.3, -0.25) is 4.68 Å². The molecular weight excluding hydrogens is 210 g/mol. The van der Waals surface area contributed by atoms with Gasteiger partial charge in [-0.1, -0.05) is 65.2 Å². The molecule has 0 saturated heterocycles. The number of nitrogens with zero attached hydrogens (tertiary/aromatic N) is 3. The fourth-order valence-electron chi connectivity index (χ4n) is 1.65. The van der Waals surface area contributed by atoms with Crippen molar-refractivity contribution in [2.75, 3.05) is 0 Å². The lowest BCUT2D eigenvalue weighted by Crippen LogP contribution is -1.86. The van der Waals surface area contributed by atoms with Gasteiger partial charge in [0.1, 0.15) is 12.2 Å². The van der Waals surface area contributed by atoms with E-state index >= 15 is 0 Å². The van der Waals surface area contributed by atoms with E-state index in [0.29, 0.717) is 0 Å². The monoisotopic (exact) mass is 239 g/mol. The van der Waals surface area contributed by atoms with Gasteiger partial charge in [0.25, 0.3) is 0 Å². The zero-order chi connectivity index (χ0) is 12.9. The van der Waals surface area contributed by atoms with E-state index in [0.717, 1.165) is 5.82 Å². The van der Waals surface area contributed by atoms with Crippen LogP contribution in [0.4, 0.5) is 0 Å². The SMILES string of the molecule is CCCCCCCCCC.Cc1ncn(C)n1. The van der Waals surface area contributed by atoms with E-state index < -0.39 is 0 Å². The van der Waals surface area contributed by atoms with E-state index in [1.54, 1.807) is 11.0 Å². The molecule has 1 rings (SSSR count). The zero-order valence-electron chi connectivity index (χ0n) is 12.1. The first kappa shape index (κ1) is 16.1. The van der Waals surface area contributed by atoms with E-state index in [1.807, 2.05) is 14.0 Å². The summed E-state index contributed by atoms with van der Waals surface area (Å²) in [5.74, 6) is 0.822. The Hall–Kier alpha value is -0.860. The molecule has 0 amide bonds. The van der Waals surface area contributed by atoms with Crippen LogP contribution in [0.5, 0.6) is 0 Å². The standard InChI is InChI=1S/C10H22.C4H7N3/c1-3-5-7-9-10-8-6-4-2;1-4-5-3-7(2)6-4/h3-10H2,1-2H3;3H,1-2H3. The molecule has 0 saturated carbocycles. The minimum atomic E-state index is 0.822. The second-order valence-corrected chi connectivity index (χ2v) is 4.59. The number of aromatic nitrogens is 3. The Kier molecular flexibility index (Phi) is 11.0. The van der Waals surface area contributed by atoms with Gasteiger partial charge < -0.3 is 0 Å². The largest absolute Gasteiger partial charge is 0.256 e. The fraction of sp³-hybridized carbons (Fsp3) is 0.857. The second kappa shape index (κ2) is 11.6. The van der Waals surface area contributed by atoms with Crippen LogP contribution >= 0.6 is 0 Å². The van der Waals surface area contributed by atoms with Crippen LogP contribution in [0, 0.1) is 6.92 Å². The predicted octanol–water partition coefficient (Wildman–Crippen LogP) is 4.27. The van der Waals surface area contributed by atoms with Crippen molar-refractivity contribution in [2.45, 2.75) is 72.1 Å². The Morgan fingerprint density at radius 2 is 1.41 bits per heavy atom. The van der Waals surface area contributed by atoms with Crippen molar-refractivity contribution in [1.82, 2.24) is 14.8 Å². The highest BCUT2D eigenvalue weighted by Gasteiger charge is 1.87. The summed E-state index contributed by atoms with van der Waals surface area (Å²) in [6, 6.07) is 0. The predicted molar refractivity (Wildman–Crippen MR) is 74.0 cm³/mol.